The number of anilines is 1. The fourth-order valence-corrected chi connectivity index (χ4v) is 5.61. The molecule has 2 aromatic heterocycles. The third-order valence-electron chi connectivity index (χ3n) is 6.00. The molecule has 0 bridgehead atoms. The van der Waals surface area contributed by atoms with E-state index in [0.29, 0.717) is 31.1 Å². The van der Waals surface area contributed by atoms with E-state index in [9.17, 15) is 8.42 Å². The first-order valence-electron chi connectivity index (χ1n) is 10.1. The Morgan fingerprint density at radius 1 is 0.833 bits per heavy atom. The van der Waals surface area contributed by atoms with E-state index >= 15 is 0 Å². The van der Waals surface area contributed by atoms with Crippen LogP contribution >= 0.6 is 0 Å². The van der Waals surface area contributed by atoms with E-state index in [2.05, 4.69) is 21.4 Å². The smallest absolute Gasteiger partial charge is 0.243 e. The maximum Gasteiger partial charge on any atom is 0.243 e. The summed E-state index contributed by atoms with van der Waals surface area (Å²) in [6.45, 7) is 6.03. The highest BCUT2D eigenvalue weighted by Crippen LogP contribution is 2.27. The molecule has 0 atom stereocenters. The highest BCUT2D eigenvalue weighted by atomic mass is 32.2. The lowest BCUT2D eigenvalue weighted by atomic mass is 10.1. The van der Waals surface area contributed by atoms with Crippen molar-refractivity contribution in [3.05, 3.63) is 71.9 Å². The molecule has 0 N–H and O–H groups in total. The van der Waals surface area contributed by atoms with Gasteiger partial charge in [0.05, 0.1) is 21.4 Å². The quantitative estimate of drug-likeness (QED) is 0.508. The number of benzene rings is 2. The summed E-state index contributed by atoms with van der Waals surface area (Å²) in [6, 6.07) is 17.5. The molecule has 1 aliphatic heterocycles. The Labute approximate surface area is 176 Å². The van der Waals surface area contributed by atoms with E-state index in [1.165, 1.54) is 0 Å². The van der Waals surface area contributed by atoms with Crippen molar-refractivity contribution in [3.63, 3.8) is 0 Å². The molecule has 4 aromatic rings. The zero-order valence-corrected chi connectivity index (χ0v) is 17.9. The molecule has 1 fully saturated rings. The van der Waals surface area contributed by atoms with Crippen LogP contribution in [0.5, 0.6) is 0 Å². The Morgan fingerprint density at radius 3 is 2.33 bits per heavy atom. The first kappa shape index (κ1) is 19.1. The molecule has 0 amide bonds. The Bertz CT molecular complexity index is 1350. The first-order valence-corrected chi connectivity index (χ1v) is 11.6. The second-order valence-corrected chi connectivity index (χ2v) is 9.76. The Hall–Kier alpha value is -2.90. The zero-order chi connectivity index (χ0) is 20.9. The van der Waals surface area contributed by atoms with E-state index in [1.54, 1.807) is 16.4 Å². The molecule has 0 spiro atoms. The van der Waals surface area contributed by atoms with Crippen molar-refractivity contribution >= 4 is 32.4 Å². The fraction of sp³-hybridized carbons (Fsp3) is 0.261. The number of sulfonamides is 1. The number of piperazine rings is 1. The van der Waals surface area contributed by atoms with Crippen LogP contribution in [0.25, 0.3) is 16.6 Å². The van der Waals surface area contributed by atoms with Crippen LogP contribution in [0.4, 0.5) is 5.82 Å². The number of aromatic nitrogens is 2. The average molecular weight is 421 g/mol. The van der Waals surface area contributed by atoms with Crippen molar-refractivity contribution in [3.8, 4) is 0 Å². The van der Waals surface area contributed by atoms with Gasteiger partial charge in [-0.2, -0.15) is 4.31 Å². The van der Waals surface area contributed by atoms with Gasteiger partial charge in [0, 0.05) is 32.4 Å². The summed E-state index contributed by atoms with van der Waals surface area (Å²) >= 11 is 0. The van der Waals surface area contributed by atoms with E-state index in [0.717, 1.165) is 33.5 Å². The van der Waals surface area contributed by atoms with Crippen molar-refractivity contribution in [2.45, 2.75) is 18.7 Å². The normalized spacial score (nSPS) is 15.9. The third-order valence-corrected chi connectivity index (χ3v) is 7.89. The summed E-state index contributed by atoms with van der Waals surface area (Å²) in [5.41, 5.74) is 5.13. The zero-order valence-electron chi connectivity index (χ0n) is 17.1. The van der Waals surface area contributed by atoms with Crippen LogP contribution in [-0.4, -0.2) is 48.3 Å². The van der Waals surface area contributed by atoms with Gasteiger partial charge in [0.25, 0.3) is 0 Å². The Morgan fingerprint density at radius 2 is 1.57 bits per heavy atom. The lowest BCUT2D eigenvalue weighted by Crippen LogP contribution is -2.49. The lowest BCUT2D eigenvalue weighted by Gasteiger charge is -2.35. The molecule has 1 saturated heterocycles. The van der Waals surface area contributed by atoms with Gasteiger partial charge in [-0.15, -0.1) is 0 Å². The molecule has 0 saturated carbocycles. The minimum Gasteiger partial charge on any atom is -0.352 e. The van der Waals surface area contributed by atoms with Crippen molar-refractivity contribution in [1.82, 2.24) is 13.7 Å². The summed E-state index contributed by atoms with van der Waals surface area (Å²) in [5.74, 6) is 0.905. The van der Waals surface area contributed by atoms with Crippen molar-refractivity contribution in [2.24, 2.45) is 0 Å². The van der Waals surface area contributed by atoms with Crippen LogP contribution < -0.4 is 4.90 Å². The van der Waals surface area contributed by atoms with Crippen LogP contribution in [0.1, 0.15) is 11.1 Å². The SMILES string of the molecule is Cc1ccc(S(=O)(=O)N2CCN(c3nc4ccccc4n4cccc34)CC2)cc1C. The first-order chi connectivity index (χ1) is 14.4. The highest BCUT2D eigenvalue weighted by molar-refractivity contribution is 7.89. The predicted molar refractivity (Wildman–Crippen MR) is 120 cm³/mol. The van der Waals surface area contributed by atoms with Gasteiger partial charge in [0.1, 0.15) is 0 Å². The number of hydrogen-bond acceptors (Lipinski definition) is 4. The summed E-state index contributed by atoms with van der Waals surface area (Å²) in [7, 11) is -3.49. The van der Waals surface area contributed by atoms with Gasteiger partial charge in [0.15, 0.2) is 5.82 Å². The van der Waals surface area contributed by atoms with Crippen molar-refractivity contribution < 1.29 is 8.42 Å². The molecule has 0 radical (unpaired) electrons. The van der Waals surface area contributed by atoms with Gasteiger partial charge in [-0.05, 0) is 61.4 Å². The summed E-state index contributed by atoms with van der Waals surface area (Å²) in [5, 5.41) is 0. The maximum atomic E-state index is 13.1. The summed E-state index contributed by atoms with van der Waals surface area (Å²) < 4.78 is 30.0. The van der Waals surface area contributed by atoms with Gasteiger partial charge < -0.3 is 9.30 Å². The van der Waals surface area contributed by atoms with Crippen molar-refractivity contribution in [1.29, 1.82) is 0 Å². The van der Waals surface area contributed by atoms with Gasteiger partial charge in [0.2, 0.25) is 10.0 Å². The van der Waals surface area contributed by atoms with Gasteiger partial charge in [-0.25, -0.2) is 13.4 Å². The fourth-order valence-electron chi connectivity index (χ4n) is 4.10. The second kappa shape index (κ2) is 7.11. The van der Waals surface area contributed by atoms with Crippen LogP contribution in [0.3, 0.4) is 0 Å². The third kappa shape index (κ3) is 3.05. The number of nitrogens with zero attached hydrogens (tertiary/aromatic N) is 4. The molecule has 154 valence electrons. The largest absolute Gasteiger partial charge is 0.352 e. The molecule has 30 heavy (non-hydrogen) atoms. The monoisotopic (exact) mass is 420 g/mol. The van der Waals surface area contributed by atoms with Crippen LogP contribution in [0.15, 0.2) is 65.7 Å². The second-order valence-electron chi connectivity index (χ2n) is 7.82. The Balaban J connectivity index is 1.43. The topological polar surface area (TPSA) is 57.9 Å². The number of rotatable bonds is 3. The highest BCUT2D eigenvalue weighted by Gasteiger charge is 2.30. The molecule has 2 aromatic carbocycles. The predicted octanol–water partition coefficient (Wildman–Crippen LogP) is 3.62. The van der Waals surface area contributed by atoms with E-state index in [1.807, 2.05) is 50.4 Å². The minimum absolute atomic E-state index is 0.372. The summed E-state index contributed by atoms with van der Waals surface area (Å²) in [4.78, 5) is 7.46. The molecule has 0 aliphatic carbocycles. The van der Waals surface area contributed by atoms with Gasteiger partial charge in [-0.1, -0.05) is 18.2 Å². The molecule has 6 nitrogen and oxygen atoms in total. The average Bonchev–Trinajstić information content (AvgIpc) is 3.25. The lowest BCUT2D eigenvalue weighted by molar-refractivity contribution is 0.384. The summed E-state index contributed by atoms with van der Waals surface area (Å²) in [6.07, 6.45) is 2.04. The number of aryl methyl sites for hydroxylation is 2. The van der Waals surface area contributed by atoms with Gasteiger partial charge >= 0.3 is 0 Å². The number of hydrogen-bond donors (Lipinski definition) is 0. The van der Waals surface area contributed by atoms with Crippen LogP contribution in [0.2, 0.25) is 0 Å². The minimum atomic E-state index is -3.49. The number of fused-ring (bicyclic) bond motifs is 3. The van der Waals surface area contributed by atoms with E-state index in [4.69, 9.17) is 4.98 Å². The molecule has 0 unspecified atom stereocenters. The standard InChI is InChI=1S/C23H24N4O2S/c1-17-9-10-19(16-18(17)2)30(28,29)26-14-12-25(13-15-26)23-22-8-5-11-27(22)21-7-4-3-6-20(21)24-23/h3-11,16H,12-15H2,1-2H3. The molecular formula is C23H24N4O2S. The van der Waals surface area contributed by atoms with Crippen LogP contribution in [0, 0.1) is 13.8 Å². The molecule has 3 heterocycles. The van der Waals surface area contributed by atoms with E-state index in [-0.39, 0.29) is 0 Å². The molecule has 1 aliphatic rings. The molecular weight excluding hydrogens is 396 g/mol. The van der Waals surface area contributed by atoms with Crippen molar-refractivity contribution in [2.75, 3.05) is 31.1 Å². The van der Waals surface area contributed by atoms with E-state index < -0.39 is 10.0 Å². The molecule has 5 rings (SSSR count). The Kier molecular flexibility index (Phi) is 4.52. The molecule has 7 heteroatoms. The van der Waals surface area contributed by atoms with Gasteiger partial charge in [-0.3, -0.25) is 0 Å². The number of para-hydroxylation sites is 2. The maximum absolute atomic E-state index is 13.1. The van der Waals surface area contributed by atoms with Crippen LogP contribution in [-0.2, 0) is 10.0 Å².